The van der Waals surface area contributed by atoms with Crippen molar-refractivity contribution in [2.45, 2.75) is 13.0 Å². The van der Waals surface area contributed by atoms with Crippen LogP contribution in [-0.4, -0.2) is 43.0 Å². The van der Waals surface area contributed by atoms with Gasteiger partial charge in [0.05, 0.1) is 25.8 Å². The molecule has 0 saturated carbocycles. The number of likely N-dealkylation sites (N-methyl/N-ethyl adjacent to an activating group) is 1. The topological polar surface area (TPSA) is 76.1 Å². The van der Waals surface area contributed by atoms with Crippen LogP contribution in [-0.2, 0) is 9.59 Å². The predicted molar refractivity (Wildman–Crippen MR) is 75.4 cm³/mol. The van der Waals surface area contributed by atoms with Gasteiger partial charge in [0, 0.05) is 7.05 Å². The van der Waals surface area contributed by atoms with Gasteiger partial charge in [-0.25, -0.2) is 0 Å². The number of carbonyl (C=O) groups is 2. The van der Waals surface area contributed by atoms with E-state index in [4.69, 9.17) is 9.47 Å². The lowest BCUT2D eigenvalue weighted by Crippen LogP contribution is -2.26. The first-order valence-electron chi connectivity index (χ1n) is 6.35. The molecule has 1 N–H and O–H groups in total. The SMILES string of the molecule is COc1ccc([C@H]2C(C(C)=O)=C(O)C(=O)N2C)cc1OC. The van der Waals surface area contributed by atoms with Gasteiger partial charge in [-0.1, -0.05) is 6.07 Å². The van der Waals surface area contributed by atoms with Gasteiger partial charge in [-0.15, -0.1) is 0 Å². The fourth-order valence-corrected chi connectivity index (χ4v) is 2.50. The molecule has 1 aromatic carbocycles. The van der Waals surface area contributed by atoms with E-state index in [0.717, 1.165) is 0 Å². The number of Topliss-reactive ketones (excluding diaryl/α,β-unsaturated/α-hetero) is 1. The van der Waals surface area contributed by atoms with Gasteiger partial charge in [0.1, 0.15) is 0 Å². The highest BCUT2D eigenvalue weighted by Crippen LogP contribution is 2.39. The van der Waals surface area contributed by atoms with Crippen LogP contribution >= 0.6 is 0 Å². The van der Waals surface area contributed by atoms with Crippen LogP contribution in [0.1, 0.15) is 18.5 Å². The van der Waals surface area contributed by atoms with Gasteiger partial charge in [-0.3, -0.25) is 9.59 Å². The Labute approximate surface area is 122 Å². The Morgan fingerprint density at radius 1 is 1.24 bits per heavy atom. The molecule has 112 valence electrons. The van der Waals surface area contributed by atoms with Crippen LogP contribution < -0.4 is 9.47 Å². The van der Waals surface area contributed by atoms with Gasteiger partial charge >= 0.3 is 0 Å². The van der Waals surface area contributed by atoms with Crippen molar-refractivity contribution in [3.8, 4) is 11.5 Å². The standard InChI is InChI=1S/C15H17NO5/c1-8(17)12-13(16(2)15(19)14(12)18)9-5-6-10(20-3)11(7-9)21-4/h5-7,13,18H,1-4H3/t13-/m0/s1. The van der Waals surface area contributed by atoms with Crippen molar-refractivity contribution in [2.75, 3.05) is 21.3 Å². The Bertz CT molecular complexity index is 635. The maximum atomic E-state index is 11.9. The second-order valence-electron chi connectivity index (χ2n) is 4.75. The highest BCUT2D eigenvalue weighted by atomic mass is 16.5. The summed E-state index contributed by atoms with van der Waals surface area (Å²) in [6.45, 7) is 1.33. The monoisotopic (exact) mass is 291 g/mol. The Morgan fingerprint density at radius 3 is 2.38 bits per heavy atom. The summed E-state index contributed by atoms with van der Waals surface area (Å²) in [4.78, 5) is 25.0. The second-order valence-corrected chi connectivity index (χ2v) is 4.75. The number of ketones is 1. The second kappa shape index (κ2) is 5.47. The average molecular weight is 291 g/mol. The molecule has 0 spiro atoms. The number of hydrogen-bond acceptors (Lipinski definition) is 5. The number of aliphatic hydroxyl groups excluding tert-OH is 1. The lowest BCUT2D eigenvalue weighted by atomic mass is 9.96. The minimum atomic E-state index is -0.630. The van der Waals surface area contributed by atoms with E-state index in [-0.39, 0.29) is 11.4 Å². The highest BCUT2D eigenvalue weighted by Gasteiger charge is 2.40. The summed E-state index contributed by atoms with van der Waals surface area (Å²) in [6, 6.07) is 4.49. The van der Waals surface area contributed by atoms with Crippen molar-refractivity contribution in [1.82, 2.24) is 4.90 Å². The Hall–Kier alpha value is -2.50. The van der Waals surface area contributed by atoms with Crippen molar-refractivity contribution in [1.29, 1.82) is 0 Å². The first-order chi connectivity index (χ1) is 9.92. The summed E-state index contributed by atoms with van der Waals surface area (Å²) in [5.41, 5.74) is 0.757. The smallest absolute Gasteiger partial charge is 0.289 e. The van der Waals surface area contributed by atoms with Crippen molar-refractivity contribution in [3.05, 3.63) is 35.1 Å². The molecule has 0 saturated heterocycles. The number of aliphatic hydroxyl groups is 1. The zero-order chi connectivity index (χ0) is 15.7. The van der Waals surface area contributed by atoms with E-state index in [9.17, 15) is 14.7 Å². The first kappa shape index (κ1) is 14.9. The number of benzene rings is 1. The molecule has 1 atom stereocenters. The molecule has 1 amide bonds. The highest BCUT2D eigenvalue weighted by molar-refractivity contribution is 6.07. The molecule has 21 heavy (non-hydrogen) atoms. The summed E-state index contributed by atoms with van der Waals surface area (Å²) in [5, 5.41) is 9.87. The van der Waals surface area contributed by atoms with Gasteiger partial charge in [-0.2, -0.15) is 0 Å². The normalized spacial score (nSPS) is 18.2. The quantitative estimate of drug-likeness (QED) is 0.912. The third-order valence-electron chi connectivity index (χ3n) is 3.54. The van der Waals surface area contributed by atoms with E-state index >= 15 is 0 Å². The third kappa shape index (κ3) is 2.33. The number of nitrogens with zero attached hydrogens (tertiary/aromatic N) is 1. The van der Waals surface area contributed by atoms with E-state index in [1.807, 2.05) is 0 Å². The van der Waals surface area contributed by atoms with Crippen molar-refractivity contribution in [2.24, 2.45) is 0 Å². The minimum absolute atomic E-state index is 0.0923. The van der Waals surface area contributed by atoms with Crippen LogP contribution in [0.15, 0.2) is 29.5 Å². The number of hydrogen-bond donors (Lipinski definition) is 1. The molecule has 0 bridgehead atoms. The van der Waals surface area contributed by atoms with Gasteiger partial charge in [0.2, 0.25) is 0 Å². The van der Waals surface area contributed by atoms with E-state index in [0.29, 0.717) is 17.1 Å². The van der Waals surface area contributed by atoms with E-state index in [2.05, 4.69) is 0 Å². The fraction of sp³-hybridized carbons (Fsp3) is 0.333. The molecular weight excluding hydrogens is 274 g/mol. The van der Waals surface area contributed by atoms with Gasteiger partial charge < -0.3 is 19.5 Å². The minimum Gasteiger partial charge on any atom is -0.503 e. The third-order valence-corrected chi connectivity index (χ3v) is 3.54. The molecule has 1 aliphatic heterocycles. The molecule has 1 aliphatic rings. The molecule has 2 rings (SSSR count). The molecular formula is C15H17NO5. The summed E-state index contributed by atoms with van der Waals surface area (Å²) in [7, 11) is 4.57. The molecule has 0 aromatic heterocycles. The average Bonchev–Trinajstić information content (AvgIpc) is 2.70. The number of methoxy groups -OCH3 is 2. The summed E-state index contributed by atoms with van der Waals surface area (Å²) in [5.74, 6) is -0.370. The molecule has 0 aliphatic carbocycles. The molecule has 6 nitrogen and oxygen atoms in total. The molecule has 1 heterocycles. The van der Waals surface area contributed by atoms with Crippen LogP contribution in [0.3, 0.4) is 0 Å². The van der Waals surface area contributed by atoms with Gasteiger partial charge in [-0.05, 0) is 24.6 Å². The zero-order valence-electron chi connectivity index (χ0n) is 12.3. The molecule has 1 aromatic rings. The van der Waals surface area contributed by atoms with E-state index in [1.165, 1.54) is 33.1 Å². The molecule has 0 unspecified atom stereocenters. The predicted octanol–water partition coefficient (Wildman–Crippen LogP) is 1.62. The summed E-state index contributed by atoms with van der Waals surface area (Å²) >= 11 is 0. The van der Waals surface area contributed by atoms with Gasteiger partial charge in [0.15, 0.2) is 23.0 Å². The summed E-state index contributed by atoms with van der Waals surface area (Å²) in [6.07, 6.45) is 0. The number of carbonyl (C=O) groups excluding carboxylic acids is 2. The van der Waals surface area contributed by atoms with Crippen molar-refractivity contribution >= 4 is 11.7 Å². The Balaban J connectivity index is 2.55. The lowest BCUT2D eigenvalue weighted by molar-refractivity contribution is -0.128. The number of rotatable bonds is 4. The number of amides is 1. The largest absolute Gasteiger partial charge is 0.503 e. The zero-order valence-corrected chi connectivity index (χ0v) is 12.3. The van der Waals surface area contributed by atoms with Crippen LogP contribution in [0, 0.1) is 0 Å². The van der Waals surface area contributed by atoms with Crippen LogP contribution in [0.2, 0.25) is 0 Å². The van der Waals surface area contributed by atoms with Crippen LogP contribution in [0.5, 0.6) is 11.5 Å². The summed E-state index contributed by atoms with van der Waals surface area (Å²) < 4.78 is 10.4. The Morgan fingerprint density at radius 2 is 1.86 bits per heavy atom. The van der Waals surface area contributed by atoms with E-state index in [1.54, 1.807) is 18.2 Å². The first-order valence-corrected chi connectivity index (χ1v) is 6.35. The van der Waals surface area contributed by atoms with Gasteiger partial charge in [0.25, 0.3) is 5.91 Å². The van der Waals surface area contributed by atoms with Crippen molar-refractivity contribution in [3.63, 3.8) is 0 Å². The molecule has 6 heteroatoms. The molecule has 0 fully saturated rings. The van der Waals surface area contributed by atoms with E-state index < -0.39 is 17.7 Å². The lowest BCUT2D eigenvalue weighted by Gasteiger charge is -2.23. The Kier molecular flexibility index (Phi) is 3.88. The number of ether oxygens (including phenoxy) is 2. The maximum absolute atomic E-state index is 11.9. The van der Waals surface area contributed by atoms with Crippen LogP contribution in [0.4, 0.5) is 0 Å². The van der Waals surface area contributed by atoms with Crippen LogP contribution in [0.25, 0.3) is 0 Å². The maximum Gasteiger partial charge on any atom is 0.289 e. The van der Waals surface area contributed by atoms with Crippen molar-refractivity contribution < 1.29 is 24.2 Å². The molecule has 0 radical (unpaired) electrons. The fourth-order valence-electron chi connectivity index (χ4n) is 2.50.